The maximum atomic E-state index is 11.5. The lowest BCUT2D eigenvalue weighted by molar-refractivity contribution is 0.0601. The third-order valence-corrected chi connectivity index (χ3v) is 3.80. The van der Waals surface area contributed by atoms with Gasteiger partial charge in [-0.25, -0.2) is 14.3 Å². The van der Waals surface area contributed by atoms with E-state index in [2.05, 4.69) is 22.3 Å². The Balaban J connectivity index is 1.91. The number of benzene rings is 1. The summed E-state index contributed by atoms with van der Waals surface area (Å²) in [5, 5.41) is 7.93. The highest BCUT2D eigenvalue weighted by Gasteiger charge is 2.10. The molecular formula is C18H20N4O2. The van der Waals surface area contributed by atoms with Crippen LogP contribution in [0.3, 0.4) is 0 Å². The van der Waals surface area contributed by atoms with E-state index in [1.165, 1.54) is 7.11 Å². The highest BCUT2D eigenvalue weighted by Crippen LogP contribution is 2.21. The predicted molar refractivity (Wildman–Crippen MR) is 93.2 cm³/mol. The first-order valence-electron chi connectivity index (χ1n) is 8.00. The molecule has 0 amide bonds. The molecule has 0 unspecified atom stereocenters. The van der Waals surface area contributed by atoms with Crippen LogP contribution >= 0.6 is 0 Å². The molecule has 0 atom stereocenters. The van der Waals surface area contributed by atoms with Gasteiger partial charge >= 0.3 is 5.97 Å². The monoisotopic (exact) mass is 324 g/mol. The Morgan fingerprint density at radius 2 is 2.00 bits per heavy atom. The lowest BCUT2D eigenvalue weighted by atomic mass is 10.1. The zero-order chi connectivity index (χ0) is 16.9. The number of aromatic nitrogens is 3. The van der Waals surface area contributed by atoms with Crippen LogP contribution in [-0.4, -0.2) is 34.2 Å². The second-order valence-corrected chi connectivity index (χ2v) is 5.48. The number of ether oxygens (including phenoxy) is 1. The number of carbonyl (C=O) groups excluding carboxylic acids is 1. The van der Waals surface area contributed by atoms with Gasteiger partial charge in [-0.05, 0) is 30.7 Å². The molecule has 6 nitrogen and oxygen atoms in total. The summed E-state index contributed by atoms with van der Waals surface area (Å²) in [6, 6.07) is 11.1. The van der Waals surface area contributed by atoms with Crippen LogP contribution in [0, 0.1) is 0 Å². The quantitative estimate of drug-likeness (QED) is 0.556. The van der Waals surface area contributed by atoms with E-state index in [0.717, 1.165) is 42.1 Å². The minimum Gasteiger partial charge on any atom is -0.465 e. The normalized spacial score (nSPS) is 10.8. The average molecular weight is 324 g/mol. The summed E-state index contributed by atoms with van der Waals surface area (Å²) in [5.74, 6) is 0.474. The van der Waals surface area contributed by atoms with Crippen molar-refractivity contribution in [3.63, 3.8) is 0 Å². The van der Waals surface area contributed by atoms with E-state index in [9.17, 15) is 4.79 Å². The van der Waals surface area contributed by atoms with Gasteiger partial charge in [-0.3, -0.25) is 0 Å². The number of unbranched alkanes of at least 4 members (excludes halogenated alkanes) is 1. The van der Waals surface area contributed by atoms with Crippen molar-refractivity contribution in [2.45, 2.75) is 19.8 Å². The van der Waals surface area contributed by atoms with Crippen LogP contribution in [0.5, 0.6) is 0 Å². The van der Waals surface area contributed by atoms with Crippen molar-refractivity contribution < 1.29 is 9.53 Å². The summed E-state index contributed by atoms with van der Waals surface area (Å²) in [7, 11) is 1.37. The maximum absolute atomic E-state index is 11.5. The van der Waals surface area contributed by atoms with Gasteiger partial charge in [0.15, 0.2) is 5.65 Å². The molecule has 0 saturated carbocycles. The molecule has 0 saturated heterocycles. The summed E-state index contributed by atoms with van der Waals surface area (Å²) in [5.41, 5.74) is 3.11. The topological polar surface area (TPSA) is 68.5 Å². The van der Waals surface area contributed by atoms with E-state index in [0.29, 0.717) is 5.56 Å². The molecule has 2 heterocycles. The van der Waals surface area contributed by atoms with Crippen molar-refractivity contribution in [1.29, 1.82) is 0 Å². The lowest BCUT2D eigenvalue weighted by Gasteiger charge is -2.07. The first kappa shape index (κ1) is 16.0. The van der Waals surface area contributed by atoms with Crippen molar-refractivity contribution in [3.05, 3.63) is 48.2 Å². The van der Waals surface area contributed by atoms with Crippen LogP contribution < -0.4 is 5.32 Å². The molecule has 3 rings (SSSR count). The van der Waals surface area contributed by atoms with Crippen LogP contribution in [0.25, 0.3) is 16.9 Å². The molecule has 0 spiro atoms. The Morgan fingerprint density at radius 3 is 2.71 bits per heavy atom. The van der Waals surface area contributed by atoms with Gasteiger partial charge in [0.05, 0.1) is 24.6 Å². The van der Waals surface area contributed by atoms with E-state index < -0.39 is 0 Å². The fourth-order valence-corrected chi connectivity index (χ4v) is 2.45. The third kappa shape index (κ3) is 3.22. The van der Waals surface area contributed by atoms with Gasteiger partial charge in [-0.2, -0.15) is 0 Å². The molecule has 3 aromatic rings. The first-order chi connectivity index (χ1) is 11.7. The van der Waals surface area contributed by atoms with Gasteiger partial charge in [0, 0.05) is 12.1 Å². The van der Waals surface area contributed by atoms with E-state index in [1.54, 1.807) is 22.8 Å². The summed E-state index contributed by atoms with van der Waals surface area (Å²) in [6.45, 7) is 3.05. The number of hydrogen-bond donors (Lipinski definition) is 1. The minimum absolute atomic E-state index is 0.347. The third-order valence-electron chi connectivity index (χ3n) is 3.80. The fraction of sp³-hybridized carbons (Fsp3) is 0.278. The number of rotatable bonds is 6. The van der Waals surface area contributed by atoms with Gasteiger partial charge in [0.1, 0.15) is 5.82 Å². The van der Waals surface area contributed by atoms with E-state index in [1.807, 2.05) is 24.3 Å². The number of nitrogens with one attached hydrogen (secondary N) is 1. The Bertz CT molecular complexity index is 840. The molecule has 0 fully saturated rings. The second kappa shape index (κ2) is 7.12. The molecule has 0 bridgehead atoms. The minimum atomic E-state index is -0.347. The molecule has 1 N–H and O–H groups in total. The van der Waals surface area contributed by atoms with E-state index in [4.69, 9.17) is 4.74 Å². The maximum Gasteiger partial charge on any atom is 0.337 e. The first-order valence-corrected chi connectivity index (χ1v) is 8.00. The molecular weight excluding hydrogens is 304 g/mol. The Labute approximate surface area is 140 Å². The summed E-state index contributed by atoms with van der Waals surface area (Å²) < 4.78 is 6.53. The highest BCUT2D eigenvalue weighted by atomic mass is 16.5. The van der Waals surface area contributed by atoms with Crippen LogP contribution in [-0.2, 0) is 4.74 Å². The van der Waals surface area contributed by atoms with Crippen molar-refractivity contribution in [1.82, 2.24) is 14.6 Å². The number of fused-ring (bicyclic) bond motifs is 1. The lowest BCUT2D eigenvalue weighted by Crippen LogP contribution is -2.05. The molecule has 124 valence electrons. The molecule has 24 heavy (non-hydrogen) atoms. The molecule has 6 heteroatoms. The van der Waals surface area contributed by atoms with E-state index in [-0.39, 0.29) is 5.97 Å². The van der Waals surface area contributed by atoms with Crippen molar-refractivity contribution in [3.8, 4) is 11.3 Å². The summed E-state index contributed by atoms with van der Waals surface area (Å²) >= 11 is 0. The molecule has 0 aliphatic carbocycles. The number of methoxy groups -OCH3 is 1. The molecule has 0 aliphatic heterocycles. The summed E-state index contributed by atoms with van der Waals surface area (Å²) in [6.07, 6.45) is 4.02. The zero-order valence-corrected chi connectivity index (χ0v) is 13.8. The zero-order valence-electron chi connectivity index (χ0n) is 13.8. The standard InChI is InChI=1S/C18H20N4O2/c1-3-4-11-19-16-9-10-17-20-12-15(22(17)21-16)13-5-7-14(8-6-13)18(23)24-2/h5-10,12H,3-4,11H2,1-2H3,(H,19,21). The van der Waals surface area contributed by atoms with Gasteiger partial charge < -0.3 is 10.1 Å². The molecule has 0 aliphatic rings. The number of anilines is 1. The predicted octanol–water partition coefficient (Wildman–Crippen LogP) is 3.39. The fourth-order valence-electron chi connectivity index (χ4n) is 2.45. The molecule has 2 aromatic heterocycles. The van der Waals surface area contributed by atoms with Crippen LogP contribution in [0.1, 0.15) is 30.1 Å². The Kier molecular flexibility index (Phi) is 4.74. The average Bonchev–Trinajstić information content (AvgIpc) is 3.04. The largest absolute Gasteiger partial charge is 0.465 e. The van der Waals surface area contributed by atoms with Gasteiger partial charge in [0.2, 0.25) is 0 Å². The van der Waals surface area contributed by atoms with E-state index >= 15 is 0 Å². The second-order valence-electron chi connectivity index (χ2n) is 5.48. The van der Waals surface area contributed by atoms with Crippen molar-refractivity contribution in [2.24, 2.45) is 0 Å². The van der Waals surface area contributed by atoms with Gasteiger partial charge in [-0.1, -0.05) is 25.5 Å². The molecule has 1 aromatic carbocycles. The SMILES string of the molecule is CCCCNc1ccc2ncc(-c3ccc(C(=O)OC)cc3)n2n1. The summed E-state index contributed by atoms with van der Waals surface area (Å²) in [4.78, 5) is 15.9. The Morgan fingerprint density at radius 1 is 1.21 bits per heavy atom. The van der Waals surface area contributed by atoms with Crippen LogP contribution in [0.15, 0.2) is 42.6 Å². The number of esters is 1. The number of imidazole rings is 1. The number of hydrogen-bond acceptors (Lipinski definition) is 5. The van der Waals surface area contributed by atoms with Crippen molar-refractivity contribution >= 4 is 17.4 Å². The van der Waals surface area contributed by atoms with Gasteiger partial charge in [-0.15, -0.1) is 5.10 Å². The highest BCUT2D eigenvalue weighted by molar-refractivity contribution is 5.89. The van der Waals surface area contributed by atoms with Crippen LogP contribution in [0.4, 0.5) is 5.82 Å². The number of carbonyl (C=O) groups is 1. The van der Waals surface area contributed by atoms with Crippen LogP contribution in [0.2, 0.25) is 0 Å². The molecule has 0 radical (unpaired) electrons. The smallest absolute Gasteiger partial charge is 0.337 e. The van der Waals surface area contributed by atoms with Crippen molar-refractivity contribution in [2.75, 3.05) is 19.0 Å². The van der Waals surface area contributed by atoms with Gasteiger partial charge in [0.25, 0.3) is 0 Å². The Hall–Kier alpha value is -2.89. The number of nitrogens with zero attached hydrogens (tertiary/aromatic N) is 3.